The lowest BCUT2D eigenvalue weighted by Crippen LogP contribution is -2.48. The molecule has 1 saturated carbocycles. The molecule has 4 rings (SSSR count). The van der Waals surface area contributed by atoms with E-state index in [-0.39, 0.29) is 29.0 Å². The first kappa shape index (κ1) is 18.0. The van der Waals surface area contributed by atoms with Crippen LogP contribution in [0.3, 0.4) is 0 Å². The molecule has 1 aliphatic heterocycles. The Morgan fingerprint density at radius 3 is 2.56 bits per heavy atom. The molecule has 2 fully saturated rings. The Balaban J connectivity index is 1.67. The van der Waals surface area contributed by atoms with Crippen LogP contribution in [0, 0.1) is 12.7 Å². The van der Waals surface area contributed by atoms with E-state index in [0.717, 1.165) is 18.4 Å². The second-order valence-electron chi connectivity index (χ2n) is 7.12. The molecule has 0 radical (unpaired) electrons. The highest BCUT2D eigenvalue weighted by molar-refractivity contribution is 7.99. The van der Waals surface area contributed by atoms with Gasteiger partial charge in [-0.05, 0) is 49.6 Å². The van der Waals surface area contributed by atoms with Gasteiger partial charge < -0.3 is 10.2 Å². The summed E-state index contributed by atoms with van der Waals surface area (Å²) in [6.07, 6.45) is 1.98. The molecule has 0 bridgehead atoms. The maximum Gasteiger partial charge on any atom is 0.255 e. The van der Waals surface area contributed by atoms with Gasteiger partial charge >= 0.3 is 0 Å². The number of nitrogens with zero attached hydrogens (tertiary/aromatic N) is 1. The third kappa shape index (κ3) is 3.86. The van der Waals surface area contributed by atoms with Crippen molar-refractivity contribution in [2.45, 2.75) is 37.2 Å². The van der Waals surface area contributed by atoms with E-state index in [1.807, 2.05) is 19.1 Å². The van der Waals surface area contributed by atoms with E-state index in [1.165, 1.54) is 23.9 Å². The van der Waals surface area contributed by atoms with Gasteiger partial charge in [0.25, 0.3) is 5.91 Å². The number of aryl methyl sites for hydroxylation is 1. The van der Waals surface area contributed by atoms with Gasteiger partial charge in [-0.15, -0.1) is 11.8 Å². The third-order valence-electron chi connectivity index (χ3n) is 4.89. The van der Waals surface area contributed by atoms with Gasteiger partial charge in [0.05, 0.1) is 0 Å². The fraction of sp³-hybridized carbons (Fsp3) is 0.333. The first-order valence-corrected chi connectivity index (χ1v) is 10.1. The molecule has 27 heavy (non-hydrogen) atoms. The Morgan fingerprint density at radius 1 is 1.15 bits per heavy atom. The molecular weight excluding hydrogens is 363 g/mol. The van der Waals surface area contributed by atoms with Crippen molar-refractivity contribution in [3.8, 4) is 0 Å². The lowest BCUT2D eigenvalue weighted by molar-refractivity contribution is -0.125. The van der Waals surface area contributed by atoms with E-state index < -0.39 is 6.04 Å². The summed E-state index contributed by atoms with van der Waals surface area (Å²) in [6.45, 7) is 1.96. The fourth-order valence-corrected chi connectivity index (χ4v) is 4.66. The molecular formula is C21H21FN2O2S. The van der Waals surface area contributed by atoms with Crippen molar-refractivity contribution in [1.82, 2.24) is 10.2 Å². The molecule has 140 valence electrons. The predicted octanol–water partition coefficient (Wildman–Crippen LogP) is 3.67. The molecule has 2 aromatic carbocycles. The minimum atomic E-state index is -0.558. The summed E-state index contributed by atoms with van der Waals surface area (Å²) >= 11 is 1.50. The van der Waals surface area contributed by atoms with Crippen molar-refractivity contribution < 1.29 is 14.0 Å². The number of benzene rings is 2. The van der Waals surface area contributed by atoms with Crippen LogP contribution in [0.2, 0.25) is 0 Å². The highest BCUT2D eigenvalue weighted by atomic mass is 32.2. The highest BCUT2D eigenvalue weighted by Gasteiger charge is 2.43. The van der Waals surface area contributed by atoms with Gasteiger partial charge in [0.1, 0.15) is 17.2 Å². The van der Waals surface area contributed by atoms with E-state index >= 15 is 0 Å². The highest BCUT2D eigenvalue weighted by Crippen LogP contribution is 2.42. The van der Waals surface area contributed by atoms with Gasteiger partial charge in [0, 0.05) is 17.4 Å². The lowest BCUT2D eigenvalue weighted by atomic mass is 10.1. The topological polar surface area (TPSA) is 49.4 Å². The van der Waals surface area contributed by atoms with Crippen LogP contribution in [-0.2, 0) is 4.79 Å². The number of hydrogen-bond acceptors (Lipinski definition) is 3. The molecule has 4 nitrogen and oxygen atoms in total. The Kier molecular flexibility index (Phi) is 4.91. The molecule has 2 aromatic rings. The predicted molar refractivity (Wildman–Crippen MR) is 104 cm³/mol. The molecule has 2 aliphatic rings. The summed E-state index contributed by atoms with van der Waals surface area (Å²) in [5, 5.41) is 2.62. The van der Waals surface area contributed by atoms with E-state index in [2.05, 4.69) is 5.32 Å². The molecule has 0 spiro atoms. The number of rotatable bonds is 4. The maximum absolute atomic E-state index is 13.8. The average Bonchev–Trinajstić information content (AvgIpc) is 3.35. The van der Waals surface area contributed by atoms with Crippen LogP contribution in [0.5, 0.6) is 0 Å². The average molecular weight is 384 g/mol. The van der Waals surface area contributed by atoms with Crippen LogP contribution >= 0.6 is 11.8 Å². The van der Waals surface area contributed by atoms with Crippen LogP contribution in [0.25, 0.3) is 0 Å². The first-order chi connectivity index (χ1) is 13.0. The molecule has 0 unspecified atom stereocenters. The standard InChI is InChI=1S/C21H21FN2O2S/c1-13-5-7-14(8-6-13)20(26)24-18(19(25)23-17-9-10-17)12-27-21(24)15-3-2-4-16(22)11-15/h2-8,11,17-18,21H,9-10,12H2,1H3,(H,23,25)/t18-,21-/m0/s1. The molecule has 6 heteroatoms. The molecule has 2 atom stereocenters. The molecule has 0 aromatic heterocycles. The SMILES string of the molecule is Cc1ccc(C(=O)N2[C@H](C(=O)NC3CC3)CS[C@H]2c2cccc(F)c2)cc1. The van der Waals surface area contributed by atoms with Gasteiger partial charge in [0.15, 0.2) is 0 Å². The Labute approximate surface area is 162 Å². The number of halogens is 1. The van der Waals surface area contributed by atoms with Crippen molar-refractivity contribution in [3.05, 3.63) is 71.0 Å². The van der Waals surface area contributed by atoms with E-state index in [0.29, 0.717) is 16.9 Å². The molecule has 1 aliphatic carbocycles. The summed E-state index contributed by atoms with van der Waals surface area (Å²) in [4.78, 5) is 27.6. The van der Waals surface area contributed by atoms with Crippen LogP contribution in [0.15, 0.2) is 48.5 Å². The normalized spacial score (nSPS) is 21.9. The van der Waals surface area contributed by atoms with Gasteiger partial charge in [-0.3, -0.25) is 9.59 Å². The Hall–Kier alpha value is -2.34. The van der Waals surface area contributed by atoms with E-state index in [1.54, 1.807) is 29.2 Å². The van der Waals surface area contributed by atoms with Gasteiger partial charge in [-0.1, -0.05) is 29.8 Å². The van der Waals surface area contributed by atoms with E-state index in [4.69, 9.17) is 0 Å². The molecule has 2 amide bonds. The van der Waals surface area contributed by atoms with Gasteiger partial charge in [0.2, 0.25) is 5.91 Å². The number of carbonyl (C=O) groups is 2. The van der Waals surface area contributed by atoms with Crippen molar-refractivity contribution in [3.63, 3.8) is 0 Å². The molecule has 1 N–H and O–H groups in total. The summed E-state index contributed by atoms with van der Waals surface area (Å²) in [5.74, 6) is -0.173. The summed E-state index contributed by atoms with van der Waals surface area (Å²) in [6, 6.07) is 13.2. The monoisotopic (exact) mass is 384 g/mol. The summed E-state index contributed by atoms with van der Waals surface area (Å²) < 4.78 is 13.8. The van der Waals surface area contributed by atoms with Crippen LogP contribution in [0.1, 0.15) is 39.7 Å². The van der Waals surface area contributed by atoms with Crippen LogP contribution in [0.4, 0.5) is 4.39 Å². The molecule has 1 saturated heterocycles. The zero-order valence-electron chi connectivity index (χ0n) is 15.0. The minimum absolute atomic E-state index is 0.121. The fourth-order valence-electron chi connectivity index (χ4n) is 3.24. The zero-order chi connectivity index (χ0) is 19.0. The number of carbonyl (C=O) groups excluding carboxylic acids is 2. The second kappa shape index (κ2) is 7.35. The minimum Gasteiger partial charge on any atom is -0.352 e. The van der Waals surface area contributed by atoms with Crippen molar-refractivity contribution in [2.24, 2.45) is 0 Å². The second-order valence-corrected chi connectivity index (χ2v) is 8.23. The Morgan fingerprint density at radius 2 is 1.89 bits per heavy atom. The lowest BCUT2D eigenvalue weighted by Gasteiger charge is -2.29. The number of hydrogen-bond donors (Lipinski definition) is 1. The summed E-state index contributed by atoms with van der Waals surface area (Å²) in [5.41, 5.74) is 2.29. The smallest absolute Gasteiger partial charge is 0.255 e. The third-order valence-corrected chi connectivity index (χ3v) is 6.22. The van der Waals surface area contributed by atoms with Crippen molar-refractivity contribution in [1.29, 1.82) is 0 Å². The molecule has 1 heterocycles. The van der Waals surface area contributed by atoms with Crippen LogP contribution in [-0.4, -0.2) is 34.6 Å². The van der Waals surface area contributed by atoms with Crippen molar-refractivity contribution >= 4 is 23.6 Å². The van der Waals surface area contributed by atoms with Crippen molar-refractivity contribution in [2.75, 3.05) is 5.75 Å². The number of amides is 2. The van der Waals surface area contributed by atoms with E-state index in [9.17, 15) is 14.0 Å². The quantitative estimate of drug-likeness (QED) is 0.875. The Bertz CT molecular complexity index is 867. The number of thioether (sulfide) groups is 1. The zero-order valence-corrected chi connectivity index (χ0v) is 15.8. The first-order valence-electron chi connectivity index (χ1n) is 9.10. The van der Waals surface area contributed by atoms with Gasteiger partial charge in [-0.25, -0.2) is 4.39 Å². The van der Waals surface area contributed by atoms with Crippen LogP contribution < -0.4 is 5.32 Å². The maximum atomic E-state index is 13.8. The van der Waals surface area contributed by atoms with Gasteiger partial charge in [-0.2, -0.15) is 0 Å². The number of nitrogens with one attached hydrogen (secondary N) is 1. The summed E-state index contributed by atoms with van der Waals surface area (Å²) in [7, 11) is 0. The largest absolute Gasteiger partial charge is 0.352 e.